The number of carbonyl (C=O) groups is 1. The van der Waals surface area contributed by atoms with Crippen molar-refractivity contribution in [1.29, 1.82) is 0 Å². The molecule has 1 fully saturated rings. The number of piperidine rings is 1. The van der Waals surface area contributed by atoms with Gasteiger partial charge in [0, 0.05) is 18.6 Å². The molecule has 2 rings (SSSR count). The van der Waals surface area contributed by atoms with E-state index in [9.17, 15) is 4.79 Å². The van der Waals surface area contributed by atoms with Crippen molar-refractivity contribution in [3.8, 4) is 11.5 Å². The zero-order valence-electron chi connectivity index (χ0n) is 13.7. The Morgan fingerprint density at radius 3 is 2.86 bits per heavy atom. The third kappa shape index (κ3) is 3.91. The van der Waals surface area contributed by atoms with Crippen LogP contribution in [0.5, 0.6) is 11.5 Å². The van der Waals surface area contributed by atoms with Gasteiger partial charge in [0.25, 0.3) is 5.91 Å². The number of hydrogen-bond donors (Lipinski definition) is 1. The number of ether oxygens (including phenoxy) is 2. The van der Waals surface area contributed by atoms with Gasteiger partial charge in [0.2, 0.25) is 0 Å². The Morgan fingerprint density at radius 1 is 1.41 bits per heavy atom. The number of aryl methyl sites for hydroxylation is 1. The standard InChI is InChI=1S/C17H26N2O3/c1-12-7-8-15(16(10-12)21-3)22-11-17(20)19-9-5-4-6-14(19)13(2)18/h7-8,10,13-14H,4-6,9,11,18H2,1-3H3/t13-,14-/m1/s1. The molecule has 2 N–H and O–H groups in total. The fourth-order valence-corrected chi connectivity index (χ4v) is 2.93. The number of nitrogens with zero attached hydrogens (tertiary/aromatic N) is 1. The third-order valence-corrected chi connectivity index (χ3v) is 4.15. The molecule has 0 spiro atoms. The molecule has 0 saturated carbocycles. The van der Waals surface area contributed by atoms with Gasteiger partial charge < -0.3 is 20.1 Å². The number of hydrogen-bond acceptors (Lipinski definition) is 4. The Morgan fingerprint density at radius 2 is 2.18 bits per heavy atom. The zero-order valence-corrected chi connectivity index (χ0v) is 13.7. The summed E-state index contributed by atoms with van der Waals surface area (Å²) in [6.45, 7) is 4.72. The van der Waals surface area contributed by atoms with Gasteiger partial charge in [0.05, 0.1) is 7.11 Å². The van der Waals surface area contributed by atoms with E-state index in [1.165, 1.54) is 0 Å². The molecular formula is C17H26N2O3. The molecule has 0 radical (unpaired) electrons. The van der Waals surface area contributed by atoms with Crippen LogP contribution < -0.4 is 15.2 Å². The van der Waals surface area contributed by atoms with E-state index in [1.54, 1.807) is 7.11 Å². The Bertz CT molecular complexity index is 517. The Hall–Kier alpha value is -1.75. The normalized spacial score (nSPS) is 19.6. The SMILES string of the molecule is COc1cc(C)ccc1OCC(=O)N1CCCC[C@@H]1[C@@H](C)N. The van der Waals surface area contributed by atoms with E-state index in [0.717, 1.165) is 31.4 Å². The minimum absolute atomic E-state index is 0.00960. The summed E-state index contributed by atoms with van der Waals surface area (Å²) >= 11 is 0. The molecule has 1 aliphatic rings. The van der Waals surface area contributed by atoms with E-state index in [1.807, 2.05) is 36.9 Å². The molecule has 0 aromatic heterocycles. The van der Waals surface area contributed by atoms with Crippen molar-refractivity contribution in [3.05, 3.63) is 23.8 Å². The summed E-state index contributed by atoms with van der Waals surface area (Å²) in [7, 11) is 1.60. The molecule has 122 valence electrons. The third-order valence-electron chi connectivity index (χ3n) is 4.15. The largest absolute Gasteiger partial charge is 0.493 e. The van der Waals surface area contributed by atoms with E-state index < -0.39 is 0 Å². The summed E-state index contributed by atoms with van der Waals surface area (Å²) in [5.74, 6) is 1.23. The lowest BCUT2D eigenvalue weighted by molar-refractivity contribution is -0.137. The van der Waals surface area contributed by atoms with Gasteiger partial charge in [0.1, 0.15) is 0 Å². The Kier molecular flexibility index (Phi) is 5.66. The average Bonchev–Trinajstić information content (AvgIpc) is 2.53. The number of amides is 1. The summed E-state index contributed by atoms with van der Waals surface area (Å²) in [6.07, 6.45) is 3.13. The second kappa shape index (κ2) is 7.49. The van der Waals surface area contributed by atoms with Gasteiger partial charge >= 0.3 is 0 Å². The molecule has 2 atom stereocenters. The first-order valence-electron chi connectivity index (χ1n) is 7.85. The van der Waals surface area contributed by atoms with Crippen LogP contribution in [-0.4, -0.2) is 43.2 Å². The molecule has 1 aliphatic heterocycles. The molecule has 22 heavy (non-hydrogen) atoms. The van der Waals surface area contributed by atoms with Crippen molar-refractivity contribution in [2.24, 2.45) is 5.73 Å². The van der Waals surface area contributed by atoms with Gasteiger partial charge in [-0.25, -0.2) is 0 Å². The van der Waals surface area contributed by atoms with Crippen molar-refractivity contribution < 1.29 is 14.3 Å². The fourth-order valence-electron chi connectivity index (χ4n) is 2.93. The smallest absolute Gasteiger partial charge is 0.260 e. The Balaban J connectivity index is 2.00. The molecule has 1 saturated heterocycles. The highest BCUT2D eigenvalue weighted by molar-refractivity contribution is 5.78. The lowest BCUT2D eigenvalue weighted by atomic mass is 9.97. The fraction of sp³-hybridized carbons (Fsp3) is 0.588. The summed E-state index contributed by atoms with van der Waals surface area (Å²) in [6, 6.07) is 5.77. The monoisotopic (exact) mass is 306 g/mol. The first kappa shape index (κ1) is 16.6. The van der Waals surface area contributed by atoms with Crippen LogP contribution >= 0.6 is 0 Å². The molecule has 1 aromatic carbocycles. The van der Waals surface area contributed by atoms with Crippen molar-refractivity contribution in [2.45, 2.75) is 45.2 Å². The van der Waals surface area contributed by atoms with Crippen LogP contribution in [-0.2, 0) is 4.79 Å². The first-order valence-corrected chi connectivity index (χ1v) is 7.85. The molecule has 0 unspecified atom stereocenters. The maximum absolute atomic E-state index is 12.5. The number of methoxy groups -OCH3 is 1. The second-order valence-corrected chi connectivity index (χ2v) is 5.95. The number of carbonyl (C=O) groups excluding carboxylic acids is 1. The summed E-state index contributed by atoms with van der Waals surface area (Å²) in [5.41, 5.74) is 7.10. The summed E-state index contributed by atoms with van der Waals surface area (Å²) < 4.78 is 11.0. The highest BCUT2D eigenvalue weighted by Gasteiger charge is 2.29. The van der Waals surface area contributed by atoms with Crippen molar-refractivity contribution in [1.82, 2.24) is 4.90 Å². The highest BCUT2D eigenvalue weighted by atomic mass is 16.5. The Labute approximate surface area is 132 Å². The van der Waals surface area contributed by atoms with E-state index in [2.05, 4.69) is 0 Å². The molecule has 0 aliphatic carbocycles. The van der Waals surface area contributed by atoms with Gasteiger partial charge in [-0.2, -0.15) is 0 Å². The lowest BCUT2D eigenvalue weighted by Gasteiger charge is -2.38. The zero-order chi connectivity index (χ0) is 16.1. The molecule has 1 amide bonds. The van der Waals surface area contributed by atoms with Crippen LogP contribution in [0.3, 0.4) is 0 Å². The van der Waals surface area contributed by atoms with E-state index in [0.29, 0.717) is 11.5 Å². The maximum atomic E-state index is 12.5. The number of nitrogens with two attached hydrogens (primary N) is 1. The predicted octanol–water partition coefficient (Wildman–Crippen LogP) is 2.11. The molecule has 5 heteroatoms. The van der Waals surface area contributed by atoms with Crippen molar-refractivity contribution in [2.75, 3.05) is 20.3 Å². The molecule has 1 aromatic rings. The number of likely N-dealkylation sites (tertiary alicyclic amines) is 1. The summed E-state index contributed by atoms with van der Waals surface area (Å²) in [4.78, 5) is 14.3. The van der Waals surface area contributed by atoms with Crippen LogP contribution in [0.1, 0.15) is 31.7 Å². The minimum Gasteiger partial charge on any atom is -0.493 e. The number of benzene rings is 1. The van der Waals surface area contributed by atoms with Crippen LogP contribution in [0, 0.1) is 6.92 Å². The summed E-state index contributed by atoms with van der Waals surface area (Å²) in [5, 5.41) is 0. The second-order valence-electron chi connectivity index (χ2n) is 5.95. The molecular weight excluding hydrogens is 280 g/mol. The predicted molar refractivity (Wildman–Crippen MR) is 86.2 cm³/mol. The number of rotatable bonds is 5. The van der Waals surface area contributed by atoms with E-state index in [4.69, 9.17) is 15.2 Å². The molecule has 0 bridgehead atoms. The van der Waals surface area contributed by atoms with Gasteiger partial charge in [-0.3, -0.25) is 4.79 Å². The quantitative estimate of drug-likeness (QED) is 0.905. The van der Waals surface area contributed by atoms with Crippen molar-refractivity contribution >= 4 is 5.91 Å². The molecule has 5 nitrogen and oxygen atoms in total. The molecule has 1 heterocycles. The maximum Gasteiger partial charge on any atom is 0.260 e. The van der Waals surface area contributed by atoms with Gasteiger partial charge in [-0.05, 0) is 50.8 Å². The van der Waals surface area contributed by atoms with Crippen molar-refractivity contribution in [3.63, 3.8) is 0 Å². The van der Waals surface area contributed by atoms with Crippen LogP contribution in [0.4, 0.5) is 0 Å². The minimum atomic E-state index is -0.0156. The van der Waals surface area contributed by atoms with E-state index in [-0.39, 0.29) is 24.6 Å². The van der Waals surface area contributed by atoms with Crippen LogP contribution in [0.2, 0.25) is 0 Å². The van der Waals surface area contributed by atoms with E-state index >= 15 is 0 Å². The van der Waals surface area contributed by atoms with Gasteiger partial charge in [-0.1, -0.05) is 6.07 Å². The lowest BCUT2D eigenvalue weighted by Crippen LogP contribution is -2.52. The van der Waals surface area contributed by atoms with Gasteiger partial charge in [0.15, 0.2) is 18.1 Å². The van der Waals surface area contributed by atoms with Crippen LogP contribution in [0.15, 0.2) is 18.2 Å². The highest BCUT2D eigenvalue weighted by Crippen LogP contribution is 2.28. The van der Waals surface area contributed by atoms with Gasteiger partial charge in [-0.15, -0.1) is 0 Å². The first-order chi connectivity index (χ1) is 10.5. The topological polar surface area (TPSA) is 64.8 Å². The average molecular weight is 306 g/mol. The van der Waals surface area contributed by atoms with Crippen LogP contribution in [0.25, 0.3) is 0 Å².